The Morgan fingerprint density at radius 2 is 1.92 bits per heavy atom. The van der Waals surface area contributed by atoms with Crippen LogP contribution in [-0.2, 0) is 0 Å². The molecule has 0 aliphatic rings. The van der Waals surface area contributed by atoms with E-state index in [4.69, 9.17) is 0 Å². The molecule has 1 rings (SSSR count). The van der Waals surface area contributed by atoms with Crippen LogP contribution >= 0.6 is 15.9 Å². The molecule has 1 aromatic rings. The maximum absolute atomic E-state index is 3.44. The smallest absolute Gasteiger partial charge is 0.0175 e. The van der Waals surface area contributed by atoms with Gasteiger partial charge in [0.1, 0.15) is 0 Å². The number of hydrogen-bond donors (Lipinski definition) is 1. The van der Waals surface area contributed by atoms with Crippen molar-refractivity contribution in [1.29, 1.82) is 0 Å². The van der Waals surface area contributed by atoms with Gasteiger partial charge in [-0.3, -0.25) is 0 Å². The largest absolute Gasteiger partial charge is 0.319 e. The molecule has 0 bridgehead atoms. The first kappa shape index (κ1) is 10.7. The van der Waals surface area contributed by atoms with Gasteiger partial charge in [0.05, 0.1) is 0 Å². The molecule has 0 aliphatic carbocycles. The van der Waals surface area contributed by atoms with Crippen molar-refractivity contribution >= 4 is 15.9 Å². The molecule has 0 fully saturated rings. The summed E-state index contributed by atoms with van der Waals surface area (Å²) < 4.78 is 1.15. The van der Waals surface area contributed by atoms with Crippen molar-refractivity contribution in [3.8, 4) is 0 Å². The van der Waals surface area contributed by atoms with Crippen LogP contribution in [-0.4, -0.2) is 13.6 Å². The molecular formula is C11H16BrN. The van der Waals surface area contributed by atoms with Crippen molar-refractivity contribution in [3.05, 3.63) is 34.3 Å². The van der Waals surface area contributed by atoms with E-state index in [-0.39, 0.29) is 0 Å². The highest BCUT2D eigenvalue weighted by Gasteiger charge is 2.06. The fourth-order valence-corrected chi connectivity index (χ4v) is 1.74. The number of likely N-dealkylation sites (N-methyl/N-ethyl adjacent to an activating group) is 1. The number of rotatable bonds is 4. The molecule has 2 heteroatoms. The van der Waals surface area contributed by atoms with Crippen LogP contribution in [0.25, 0.3) is 0 Å². The summed E-state index contributed by atoms with van der Waals surface area (Å²) in [6.07, 6.45) is 1.18. The molecule has 72 valence electrons. The second kappa shape index (κ2) is 5.40. The van der Waals surface area contributed by atoms with E-state index in [1.807, 2.05) is 7.05 Å². The lowest BCUT2D eigenvalue weighted by Gasteiger charge is -2.14. The van der Waals surface area contributed by atoms with Crippen LogP contribution in [0.15, 0.2) is 28.7 Å². The predicted molar refractivity (Wildman–Crippen MR) is 61.1 cm³/mol. The molecule has 1 atom stereocenters. The fraction of sp³-hybridized carbons (Fsp3) is 0.455. The summed E-state index contributed by atoms with van der Waals surface area (Å²) in [5.74, 6) is 0.637. The van der Waals surface area contributed by atoms with Gasteiger partial charge in [-0.1, -0.05) is 35.0 Å². The summed E-state index contributed by atoms with van der Waals surface area (Å²) in [5, 5.41) is 3.22. The Kier molecular flexibility index (Phi) is 4.46. The lowest BCUT2D eigenvalue weighted by atomic mass is 9.97. The molecule has 0 aromatic heterocycles. The van der Waals surface area contributed by atoms with Crippen molar-refractivity contribution in [2.24, 2.45) is 0 Å². The summed E-state index contributed by atoms with van der Waals surface area (Å²) in [7, 11) is 2.00. The average molecular weight is 242 g/mol. The minimum Gasteiger partial charge on any atom is -0.319 e. The first-order chi connectivity index (χ1) is 6.27. The highest BCUT2D eigenvalue weighted by Crippen LogP contribution is 2.20. The van der Waals surface area contributed by atoms with Gasteiger partial charge in [-0.05, 0) is 37.1 Å². The Balaban J connectivity index is 2.73. The van der Waals surface area contributed by atoms with Crippen molar-refractivity contribution in [2.45, 2.75) is 19.3 Å². The zero-order valence-electron chi connectivity index (χ0n) is 8.18. The Labute approximate surface area is 88.7 Å². The molecule has 0 aliphatic heterocycles. The van der Waals surface area contributed by atoms with Gasteiger partial charge in [-0.15, -0.1) is 0 Å². The van der Waals surface area contributed by atoms with Crippen molar-refractivity contribution in [2.75, 3.05) is 13.6 Å². The molecule has 0 amide bonds. The third kappa shape index (κ3) is 3.12. The summed E-state index contributed by atoms with van der Waals surface area (Å²) >= 11 is 3.44. The van der Waals surface area contributed by atoms with Crippen molar-refractivity contribution < 1.29 is 0 Å². The van der Waals surface area contributed by atoms with Crippen LogP contribution in [0, 0.1) is 0 Å². The second-order valence-electron chi connectivity index (χ2n) is 3.21. The highest BCUT2D eigenvalue weighted by atomic mass is 79.9. The summed E-state index contributed by atoms with van der Waals surface area (Å²) in [6.45, 7) is 3.28. The van der Waals surface area contributed by atoms with E-state index in [9.17, 15) is 0 Å². The molecule has 1 aromatic carbocycles. The molecule has 0 radical (unpaired) electrons. The summed E-state index contributed by atoms with van der Waals surface area (Å²) in [6, 6.07) is 8.59. The Hall–Kier alpha value is -0.340. The average Bonchev–Trinajstić information content (AvgIpc) is 2.16. The lowest BCUT2D eigenvalue weighted by Crippen LogP contribution is -2.16. The van der Waals surface area contributed by atoms with E-state index in [0.29, 0.717) is 5.92 Å². The van der Waals surface area contributed by atoms with Gasteiger partial charge >= 0.3 is 0 Å². The first-order valence-electron chi connectivity index (χ1n) is 4.68. The molecule has 13 heavy (non-hydrogen) atoms. The monoisotopic (exact) mass is 241 g/mol. The fourth-order valence-electron chi connectivity index (χ4n) is 1.48. The van der Waals surface area contributed by atoms with E-state index in [2.05, 4.69) is 52.4 Å². The maximum atomic E-state index is 3.44. The van der Waals surface area contributed by atoms with Gasteiger partial charge in [-0.25, -0.2) is 0 Å². The summed E-state index contributed by atoms with van der Waals surface area (Å²) in [5.41, 5.74) is 1.42. The third-order valence-electron chi connectivity index (χ3n) is 2.28. The van der Waals surface area contributed by atoms with Gasteiger partial charge in [0.15, 0.2) is 0 Å². The van der Waals surface area contributed by atoms with Crippen LogP contribution in [0.4, 0.5) is 0 Å². The van der Waals surface area contributed by atoms with Crippen molar-refractivity contribution in [3.63, 3.8) is 0 Å². The quantitative estimate of drug-likeness (QED) is 0.855. The number of nitrogens with one attached hydrogen (secondary N) is 1. The number of hydrogen-bond acceptors (Lipinski definition) is 1. The molecule has 1 unspecified atom stereocenters. The number of halogens is 1. The van der Waals surface area contributed by atoms with Crippen LogP contribution in [0.1, 0.15) is 24.8 Å². The zero-order valence-corrected chi connectivity index (χ0v) is 9.76. The van der Waals surface area contributed by atoms with E-state index in [1.54, 1.807) is 0 Å². The topological polar surface area (TPSA) is 12.0 Å². The van der Waals surface area contributed by atoms with Crippen LogP contribution in [0.2, 0.25) is 0 Å². The lowest BCUT2D eigenvalue weighted by molar-refractivity contribution is 0.612. The summed E-state index contributed by atoms with van der Waals surface area (Å²) in [4.78, 5) is 0. The minimum atomic E-state index is 0.637. The van der Waals surface area contributed by atoms with Crippen molar-refractivity contribution in [1.82, 2.24) is 5.32 Å². The molecule has 0 spiro atoms. The van der Waals surface area contributed by atoms with Gasteiger partial charge < -0.3 is 5.32 Å². The van der Waals surface area contributed by atoms with Crippen LogP contribution < -0.4 is 5.32 Å². The Bertz CT molecular complexity index is 243. The SMILES string of the molecule is CCC(CNC)c1ccc(Br)cc1. The Morgan fingerprint density at radius 3 is 2.38 bits per heavy atom. The van der Waals surface area contributed by atoms with E-state index < -0.39 is 0 Å². The molecular weight excluding hydrogens is 226 g/mol. The second-order valence-corrected chi connectivity index (χ2v) is 4.13. The molecule has 1 N–H and O–H groups in total. The van der Waals surface area contributed by atoms with E-state index in [1.165, 1.54) is 12.0 Å². The van der Waals surface area contributed by atoms with E-state index in [0.717, 1.165) is 11.0 Å². The van der Waals surface area contributed by atoms with E-state index >= 15 is 0 Å². The highest BCUT2D eigenvalue weighted by molar-refractivity contribution is 9.10. The molecule has 0 saturated carbocycles. The Morgan fingerprint density at radius 1 is 1.31 bits per heavy atom. The third-order valence-corrected chi connectivity index (χ3v) is 2.81. The standard InChI is InChI=1S/C11H16BrN/c1-3-9(8-13-2)10-4-6-11(12)7-5-10/h4-7,9,13H,3,8H2,1-2H3. The molecule has 0 saturated heterocycles. The molecule has 1 nitrogen and oxygen atoms in total. The van der Waals surface area contributed by atoms with Gasteiger partial charge in [0.2, 0.25) is 0 Å². The minimum absolute atomic E-state index is 0.637. The van der Waals surface area contributed by atoms with Crippen LogP contribution in [0.5, 0.6) is 0 Å². The maximum Gasteiger partial charge on any atom is 0.0175 e. The molecule has 0 heterocycles. The van der Waals surface area contributed by atoms with Crippen LogP contribution in [0.3, 0.4) is 0 Å². The predicted octanol–water partition coefficient (Wildman–Crippen LogP) is 3.16. The van der Waals surface area contributed by atoms with Gasteiger partial charge in [-0.2, -0.15) is 0 Å². The van der Waals surface area contributed by atoms with Gasteiger partial charge in [0.25, 0.3) is 0 Å². The normalized spacial score (nSPS) is 12.8. The first-order valence-corrected chi connectivity index (χ1v) is 5.47. The number of benzene rings is 1. The zero-order chi connectivity index (χ0) is 9.68. The van der Waals surface area contributed by atoms with Gasteiger partial charge in [0, 0.05) is 11.0 Å².